The van der Waals surface area contributed by atoms with Crippen LogP contribution in [0.15, 0.2) is 5.38 Å². The first-order chi connectivity index (χ1) is 9.11. The van der Waals surface area contributed by atoms with Crippen LogP contribution in [0.5, 0.6) is 0 Å². The molecule has 1 amide bonds. The Balaban J connectivity index is 1.79. The van der Waals surface area contributed by atoms with E-state index in [1.54, 1.807) is 5.38 Å². The predicted molar refractivity (Wildman–Crippen MR) is 77.5 cm³/mol. The second-order valence-corrected chi connectivity index (χ2v) is 6.06. The van der Waals surface area contributed by atoms with Crippen molar-refractivity contribution in [3.63, 3.8) is 0 Å². The standard InChI is InChI=1S/C13H22N4OS/c1-9(17(2)10-3-4-10)7-15-13(18)11-8-19-12(16-11)5-6-14/h8-10H,3-7,14H2,1-2H3,(H,15,18). The van der Waals surface area contributed by atoms with Gasteiger partial charge in [0.1, 0.15) is 5.69 Å². The maximum atomic E-state index is 12.0. The van der Waals surface area contributed by atoms with Gasteiger partial charge >= 0.3 is 0 Å². The van der Waals surface area contributed by atoms with E-state index in [2.05, 4.69) is 29.2 Å². The maximum absolute atomic E-state index is 12.0. The molecule has 1 aromatic rings. The fraction of sp³-hybridized carbons (Fsp3) is 0.692. The van der Waals surface area contributed by atoms with Crippen LogP contribution in [0.3, 0.4) is 0 Å². The third kappa shape index (κ3) is 3.99. The van der Waals surface area contributed by atoms with E-state index in [4.69, 9.17) is 5.73 Å². The number of aromatic nitrogens is 1. The molecule has 0 radical (unpaired) electrons. The number of thiazole rings is 1. The van der Waals surface area contributed by atoms with Gasteiger partial charge in [-0.15, -0.1) is 11.3 Å². The van der Waals surface area contributed by atoms with Gasteiger partial charge in [-0.05, 0) is 33.4 Å². The highest BCUT2D eigenvalue weighted by Gasteiger charge is 2.29. The lowest BCUT2D eigenvalue weighted by Crippen LogP contribution is -2.41. The van der Waals surface area contributed by atoms with Gasteiger partial charge in [-0.2, -0.15) is 0 Å². The van der Waals surface area contributed by atoms with E-state index < -0.39 is 0 Å². The number of nitrogens with two attached hydrogens (primary N) is 1. The molecular weight excluding hydrogens is 260 g/mol. The van der Waals surface area contributed by atoms with Crippen LogP contribution >= 0.6 is 11.3 Å². The Hall–Kier alpha value is -0.980. The molecule has 0 bridgehead atoms. The van der Waals surface area contributed by atoms with E-state index in [1.165, 1.54) is 24.2 Å². The molecule has 0 aliphatic heterocycles. The number of nitrogens with zero attached hydrogens (tertiary/aromatic N) is 2. The molecule has 1 heterocycles. The number of nitrogens with one attached hydrogen (secondary N) is 1. The Morgan fingerprint density at radius 3 is 3.05 bits per heavy atom. The zero-order valence-electron chi connectivity index (χ0n) is 11.6. The van der Waals surface area contributed by atoms with Gasteiger partial charge in [-0.1, -0.05) is 0 Å². The van der Waals surface area contributed by atoms with Crippen molar-refractivity contribution in [1.29, 1.82) is 0 Å². The van der Waals surface area contributed by atoms with Crippen LogP contribution in [0.25, 0.3) is 0 Å². The topological polar surface area (TPSA) is 71.2 Å². The van der Waals surface area contributed by atoms with Gasteiger partial charge in [-0.25, -0.2) is 4.98 Å². The molecule has 5 nitrogen and oxygen atoms in total. The van der Waals surface area contributed by atoms with Crippen LogP contribution in [-0.2, 0) is 6.42 Å². The van der Waals surface area contributed by atoms with Crippen molar-refractivity contribution in [2.75, 3.05) is 20.1 Å². The summed E-state index contributed by atoms with van der Waals surface area (Å²) in [5, 5.41) is 5.68. The summed E-state index contributed by atoms with van der Waals surface area (Å²) in [6, 6.07) is 1.07. The minimum Gasteiger partial charge on any atom is -0.349 e. The van der Waals surface area contributed by atoms with Crippen molar-refractivity contribution in [3.8, 4) is 0 Å². The molecule has 19 heavy (non-hydrogen) atoms. The molecule has 1 aliphatic rings. The van der Waals surface area contributed by atoms with Crippen molar-refractivity contribution >= 4 is 17.2 Å². The van der Waals surface area contributed by atoms with E-state index >= 15 is 0 Å². The second-order valence-electron chi connectivity index (χ2n) is 5.12. The first kappa shape index (κ1) is 14.4. The van der Waals surface area contributed by atoms with Crippen LogP contribution in [-0.4, -0.2) is 48.0 Å². The molecule has 106 valence electrons. The summed E-state index contributed by atoms with van der Waals surface area (Å²) >= 11 is 1.50. The van der Waals surface area contributed by atoms with Crippen LogP contribution in [0.1, 0.15) is 35.3 Å². The van der Waals surface area contributed by atoms with E-state index in [0.717, 1.165) is 11.4 Å². The fourth-order valence-electron chi connectivity index (χ4n) is 1.97. The number of hydrogen-bond acceptors (Lipinski definition) is 5. The van der Waals surface area contributed by atoms with Crippen LogP contribution < -0.4 is 11.1 Å². The molecule has 1 saturated carbocycles. The van der Waals surface area contributed by atoms with Gasteiger partial charge in [0, 0.05) is 30.4 Å². The molecule has 6 heteroatoms. The predicted octanol–water partition coefficient (Wildman–Crippen LogP) is 0.857. The number of hydrogen-bond donors (Lipinski definition) is 2. The van der Waals surface area contributed by atoms with Crippen molar-refractivity contribution in [2.45, 2.75) is 38.3 Å². The third-order valence-corrected chi connectivity index (χ3v) is 4.43. The Morgan fingerprint density at radius 2 is 2.42 bits per heavy atom. The zero-order chi connectivity index (χ0) is 13.8. The Morgan fingerprint density at radius 1 is 1.68 bits per heavy atom. The average Bonchev–Trinajstić information content (AvgIpc) is 3.15. The minimum absolute atomic E-state index is 0.0874. The van der Waals surface area contributed by atoms with Crippen LogP contribution in [0.2, 0.25) is 0 Å². The van der Waals surface area contributed by atoms with Gasteiger partial charge < -0.3 is 11.1 Å². The average molecular weight is 282 g/mol. The number of rotatable bonds is 7. The smallest absolute Gasteiger partial charge is 0.270 e. The van der Waals surface area contributed by atoms with Gasteiger partial charge in [-0.3, -0.25) is 9.69 Å². The van der Waals surface area contributed by atoms with Gasteiger partial charge in [0.25, 0.3) is 5.91 Å². The molecule has 2 rings (SSSR count). The van der Waals surface area contributed by atoms with E-state index in [0.29, 0.717) is 30.9 Å². The first-order valence-electron chi connectivity index (χ1n) is 6.76. The zero-order valence-corrected chi connectivity index (χ0v) is 12.4. The summed E-state index contributed by atoms with van der Waals surface area (Å²) < 4.78 is 0. The fourth-order valence-corrected chi connectivity index (χ4v) is 2.76. The molecular formula is C13H22N4OS. The highest BCUT2D eigenvalue weighted by atomic mass is 32.1. The lowest BCUT2D eigenvalue weighted by atomic mass is 10.3. The lowest BCUT2D eigenvalue weighted by molar-refractivity contribution is 0.0935. The summed E-state index contributed by atoms with van der Waals surface area (Å²) in [5.41, 5.74) is 5.98. The summed E-state index contributed by atoms with van der Waals surface area (Å²) in [7, 11) is 2.12. The highest BCUT2D eigenvalue weighted by Crippen LogP contribution is 2.26. The van der Waals surface area contributed by atoms with Crippen LogP contribution in [0, 0.1) is 0 Å². The van der Waals surface area contributed by atoms with Crippen molar-refractivity contribution in [3.05, 3.63) is 16.1 Å². The monoisotopic (exact) mass is 282 g/mol. The third-order valence-electron chi connectivity index (χ3n) is 3.52. The number of carbonyl (C=O) groups excluding carboxylic acids is 1. The minimum atomic E-state index is -0.0874. The molecule has 0 aromatic carbocycles. The van der Waals surface area contributed by atoms with Crippen LogP contribution in [0.4, 0.5) is 0 Å². The quantitative estimate of drug-likeness (QED) is 0.778. The van der Waals surface area contributed by atoms with Crippen molar-refractivity contribution in [2.24, 2.45) is 5.73 Å². The molecule has 0 spiro atoms. The number of amides is 1. The van der Waals surface area contributed by atoms with E-state index in [1.807, 2.05) is 0 Å². The second kappa shape index (κ2) is 6.45. The number of likely N-dealkylation sites (N-methyl/N-ethyl adjacent to an activating group) is 1. The molecule has 0 saturated heterocycles. The Bertz CT molecular complexity index is 430. The lowest BCUT2D eigenvalue weighted by Gasteiger charge is -2.24. The molecule has 3 N–H and O–H groups in total. The number of carbonyl (C=O) groups is 1. The molecule has 1 aromatic heterocycles. The highest BCUT2D eigenvalue weighted by molar-refractivity contribution is 7.09. The first-order valence-corrected chi connectivity index (χ1v) is 7.64. The molecule has 1 fully saturated rings. The van der Waals surface area contributed by atoms with Gasteiger partial charge in [0.15, 0.2) is 0 Å². The van der Waals surface area contributed by atoms with Crippen molar-refractivity contribution < 1.29 is 4.79 Å². The summed E-state index contributed by atoms with van der Waals surface area (Å²) in [5.74, 6) is -0.0874. The van der Waals surface area contributed by atoms with E-state index in [-0.39, 0.29) is 5.91 Å². The molecule has 1 unspecified atom stereocenters. The van der Waals surface area contributed by atoms with Crippen molar-refractivity contribution in [1.82, 2.24) is 15.2 Å². The summed E-state index contributed by atoms with van der Waals surface area (Å²) in [6.45, 7) is 3.37. The SMILES string of the molecule is CC(CNC(=O)c1csc(CCN)n1)N(C)C1CC1. The molecule has 1 aliphatic carbocycles. The van der Waals surface area contributed by atoms with E-state index in [9.17, 15) is 4.79 Å². The summed E-state index contributed by atoms with van der Waals surface area (Å²) in [6.07, 6.45) is 3.30. The Labute approximate surface area is 118 Å². The summed E-state index contributed by atoms with van der Waals surface area (Å²) in [4.78, 5) is 18.6. The van der Waals surface area contributed by atoms with Gasteiger partial charge in [0.05, 0.1) is 5.01 Å². The largest absolute Gasteiger partial charge is 0.349 e. The molecule has 1 atom stereocenters. The Kier molecular flexibility index (Phi) is 4.90. The van der Waals surface area contributed by atoms with Gasteiger partial charge in [0.2, 0.25) is 0 Å². The normalized spacial score (nSPS) is 16.6. The maximum Gasteiger partial charge on any atom is 0.270 e.